The van der Waals surface area contributed by atoms with Crippen molar-refractivity contribution in [1.82, 2.24) is 10.2 Å². The summed E-state index contributed by atoms with van der Waals surface area (Å²) in [6.45, 7) is 5.97. The van der Waals surface area contributed by atoms with Gasteiger partial charge in [-0.2, -0.15) is 0 Å². The van der Waals surface area contributed by atoms with Gasteiger partial charge in [-0.1, -0.05) is 30.7 Å². The van der Waals surface area contributed by atoms with Crippen molar-refractivity contribution in [3.05, 3.63) is 53.1 Å². The number of fused-ring (bicyclic) bond motifs is 1. The van der Waals surface area contributed by atoms with Crippen LogP contribution in [0.3, 0.4) is 0 Å². The number of sulfonamides is 1. The van der Waals surface area contributed by atoms with Crippen LogP contribution in [0.4, 0.5) is 5.69 Å². The normalized spacial score (nSPS) is 14.1. The Hall–Kier alpha value is -2.98. The third-order valence-electron chi connectivity index (χ3n) is 6.23. The average molecular weight is 552 g/mol. The van der Waals surface area contributed by atoms with E-state index in [1.54, 1.807) is 37.3 Å². The highest BCUT2D eigenvalue weighted by Crippen LogP contribution is 2.36. The first-order valence-corrected chi connectivity index (χ1v) is 14.4. The van der Waals surface area contributed by atoms with Gasteiger partial charge < -0.3 is 19.7 Å². The molecule has 2 atom stereocenters. The molecule has 0 unspecified atom stereocenters. The lowest BCUT2D eigenvalue weighted by Gasteiger charge is -2.30. The summed E-state index contributed by atoms with van der Waals surface area (Å²) in [5.74, 6) is 0.531. The Balaban J connectivity index is 1.72. The van der Waals surface area contributed by atoms with Gasteiger partial charge in [-0.3, -0.25) is 13.9 Å². The van der Waals surface area contributed by atoms with Crippen molar-refractivity contribution in [3.63, 3.8) is 0 Å². The Bertz CT molecular complexity index is 1210. The molecule has 0 saturated carbocycles. The fraction of sp³-hybridized carbons (Fsp3) is 0.462. The lowest BCUT2D eigenvalue weighted by Crippen LogP contribution is -2.49. The van der Waals surface area contributed by atoms with Crippen molar-refractivity contribution in [2.45, 2.75) is 58.7 Å². The molecule has 1 aliphatic heterocycles. The fourth-order valence-electron chi connectivity index (χ4n) is 3.88. The number of rotatable bonds is 12. The van der Waals surface area contributed by atoms with E-state index in [1.165, 1.54) is 9.21 Å². The summed E-state index contributed by atoms with van der Waals surface area (Å²) in [4.78, 5) is 27.7. The molecule has 2 amide bonds. The van der Waals surface area contributed by atoms with E-state index < -0.39 is 16.1 Å². The second-order valence-corrected chi connectivity index (χ2v) is 11.5. The quantitative estimate of drug-likeness (QED) is 0.428. The van der Waals surface area contributed by atoms with E-state index in [1.807, 2.05) is 26.0 Å². The number of benzene rings is 2. The maximum atomic E-state index is 13.4. The lowest BCUT2D eigenvalue weighted by atomic mass is 10.1. The number of anilines is 1. The minimum absolute atomic E-state index is 0.0209. The monoisotopic (exact) mass is 551 g/mol. The molecule has 0 fully saturated rings. The molecule has 0 bridgehead atoms. The minimum Gasteiger partial charge on any atom is -0.454 e. The van der Waals surface area contributed by atoms with Crippen LogP contribution in [0.1, 0.15) is 45.6 Å². The van der Waals surface area contributed by atoms with E-state index >= 15 is 0 Å². The molecule has 0 aromatic heterocycles. The number of amides is 2. The predicted molar refractivity (Wildman–Crippen MR) is 143 cm³/mol. The molecule has 3 rings (SSSR count). The van der Waals surface area contributed by atoms with E-state index in [0.29, 0.717) is 22.2 Å². The molecule has 37 heavy (non-hydrogen) atoms. The van der Waals surface area contributed by atoms with Crippen LogP contribution >= 0.6 is 11.6 Å². The van der Waals surface area contributed by atoms with Crippen LogP contribution in [0.15, 0.2) is 42.5 Å². The molecule has 0 aliphatic carbocycles. The molecule has 0 radical (unpaired) electrons. The molecule has 0 saturated heterocycles. The third kappa shape index (κ3) is 7.75. The number of carbonyl (C=O) groups is 2. The summed E-state index contributed by atoms with van der Waals surface area (Å²) in [6.07, 6.45) is 2.21. The van der Waals surface area contributed by atoms with Crippen LogP contribution in [-0.4, -0.2) is 56.8 Å². The zero-order valence-corrected chi connectivity index (χ0v) is 23.1. The van der Waals surface area contributed by atoms with Gasteiger partial charge in [0.05, 0.1) is 11.9 Å². The highest BCUT2D eigenvalue weighted by Gasteiger charge is 2.27. The summed E-state index contributed by atoms with van der Waals surface area (Å²) in [5.41, 5.74) is 1.26. The smallest absolute Gasteiger partial charge is 0.242 e. The molecule has 1 heterocycles. The van der Waals surface area contributed by atoms with E-state index in [0.717, 1.165) is 18.2 Å². The number of carbonyl (C=O) groups excluding carboxylic acids is 2. The van der Waals surface area contributed by atoms with E-state index in [4.69, 9.17) is 21.1 Å². The van der Waals surface area contributed by atoms with Crippen LogP contribution in [0, 0.1) is 0 Å². The molecule has 2 aromatic carbocycles. The fourth-order valence-corrected chi connectivity index (χ4v) is 4.96. The molecule has 2 aromatic rings. The largest absolute Gasteiger partial charge is 0.454 e. The number of hydrogen-bond acceptors (Lipinski definition) is 6. The average Bonchev–Trinajstić information content (AvgIpc) is 3.32. The molecule has 1 N–H and O–H groups in total. The zero-order valence-electron chi connectivity index (χ0n) is 21.6. The van der Waals surface area contributed by atoms with Crippen molar-refractivity contribution in [3.8, 4) is 11.5 Å². The highest BCUT2D eigenvalue weighted by atomic mass is 35.5. The van der Waals surface area contributed by atoms with Gasteiger partial charge >= 0.3 is 0 Å². The topological polar surface area (TPSA) is 105 Å². The standard InChI is InChI=1S/C26H34ClN3O6S/c1-5-18(2)28-26(32)19(3)29(16-20-8-10-21(27)11-9-20)25(31)7-6-14-30(37(4,33)34)22-12-13-23-24(15-22)36-17-35-23/h8-13,15,18-19H,5-7,14,16-17H2,1-4H3,(H,28,32)/t18-,19+/m1/s1. The molecular formula is C26H34ClN3O6S. The first kappa shape index (κ1) is 28.6. The number of hydrogen-bond donors (Lipinski definition) is 1. The van der Waals surface area contributed by atoms with Crippen molar-refractivity contribution in [2.75, 3.05) is 23.9 Å². The molecule has 9 nitrogen and oxygen atoms in total. The lowest BCUT2D eigenvalue weighted by molar-refractivity contribution is -0.140. The van der Waals surface area contributed by atoms with Crippen molar-refractivity contribution in [2.24, 2.45) is 0 Å². The van der Waals surface area contributed by atoms with Crippen LogP contribution in [0.5, 0.6) is 11.5 Å². The number of ether oxygens (including phenoxy) is 2. The van der Waals surface area contributed by atoms with Crippen LogP contribution in [0.2, 0.25) is 5.02 Å². The zero-order chi connectivity index (χ0) is 27.2. The van der Waals surface area contributed by atoms with Gasteiger partial charge in [0.25, 0.3) is 0 Å². The van der Waals surface area contributed by atoms with Gasteiger partial charge in [0, 0.05) is 36.6 Å². The Kier molecular flexibility index (Phi) is 9.67. The predicted octanol–water partition coefficient (Wildman–Crippen LogP) is 3.95. The van der Waals surface area contributed by atoms with Gasteiger partial charge in [0.2, 0.25) is 28.6 Å². The highest BCUT2D eigenvalue weighted by molar-refractivity contribution is 7.92. The SMILES string of the molecule is CC[C@@H](C)NC(=O)[C@H](C)N(Cc1ccc(Cl)cc1)C(=O)CCCN(c1ccc2c(c1)OCO2)S(C)(=O)=O. The Morgan fingerprint density at radius 1 is 1.08 bits per heavy atom. The summed E-state index contributed by atoms with van der Waals surface area (Å²) in [7, 11) is -3.62. The van der Waals surface area contributed by atoms with E-state index in [-0.39, 0.29) is 50.6 Å². The second kappa shape index (κ2) is 12.5. The van der Waals surface area contributed by atoms with Gasteiger partial charge in [-0.05, 0) is 56.5 Å². The van der Waals surface area contributed by atoms with E-state index in [2.05, 4.69) is 5.32 Å². The number of nitrogens with one attached hydrogen (secondary N) is 1. The molecule has 202 valence electrons. The maximum absolute atomic E-state index is 13.4. The molecule has 0 spiro atoms. The Morgan fingerprint density at radius 2 is 1.76 bits per heavy atom. The van der Waals surface area contributed by atoms with Crippen molar-refractivity contribution in [1.29, 1.82) is 0 Å². The van der Waals surface area contributed by atoms with Crippen LogP contribution in [0.25, 0.3) is 0 Å². The molecule has 11 heteroatoms. The van der Waals surface area contributed by atoms with Gasteiger partial charge in [0.15, 0.2) is 11.5 Å². The van der Waals surface area contributed by atoms with Gasteiger partial charge in [-0.15, -0.1) is 0 Å². The van der Waals surface area contributed by atoms with Gasteiger partial charge in [-0.25, -0.2) is 8.42 Å². The first-order valence-electron chi connectivity index (χ1n) is 12.2. The number of halogens is 1. The van der Waals surface area contributed by atoms with Gasteiger partial charge in [0.1, 0.15) is 6.04 Å². The maximum Gasteiger partial charge on any atom is 0.242 e. The Morgan fingerprint density at radius 3 is 2.41 bits per heavy atom. The van der Waals surface area contributed by atoms with Crippen LogP contribution < -0.4 is 19.1 Å². The second-order valence-electron chi connectivity index (χ2n) is 9.12. The van der Waals surface area contributed by atoms with E-state index in [9.17, 15) is 18.0 Å². The molecular weight excluding hydrogens is 518 g/mol. The number of nitrogens with zero attached hydrogens (tertiary/aromatic N) is 2. The summed E-state index contributed by atoms with van der Waals surface area (Å²) in [6, 6.07) is 11.3. The Labute approximate surface area is 223 Å². The van der Waals surface area contributed by atoms with Crippen molar-refractivity contribution < 1.29 is 27.5 Å². The minimum atomic E-state index is -3.62. The summed E-state index contributed by atoms with van der Waals surface area (Å²) < 4.78 is 37.0. The molecule has 1 aliphatic rings. The van der Waals surface area contributed by atoms with Crippen LogP contribution in [-0.2, 0) is 26.2 Å². The third-order valence-corrected chi connectivity index (χ3v) is 7.68. The van der Waals surface area contributed by atoms with Crippen molar-refractivity contribution >= 4 is 39.1 Å². The summed E-state index contributed by atoms with van der Waals surface area (Å²) >= 11 is 6.00. The first-order chi connectivity index (χ1) is 17.5. The summed E-state index contributed by atoms with van der Waals surface area (Å²) in [5, 5.41) is 3.51.